The summed E-state index contributed by atoms with van der Waals surface area (Å²) in [4.78, 5) is 23.7. The molecule has 0 saturated carbocycles. The smallest absolute Gasteiger partial charge is 0.263 e. The molecule has 166 valence electrons. The van der Waals surface area contributed by atoms with Crippen molar-refractivity contribution in [2.75, 3.05) is 10.0 Å². The Morgan fingerprint density at radius 3 is 2.31 bits per heavy atom. The molecule has 0 aromatic heterocycles. The van der Waals surface area contributed by atoms with Crippen LogP contribution in [0, 0.1) is 12.7 Å². The van der Waals surface area contributed by atoms with Crippen LogP contribution in [0.1, 0.15) is 26.3 Å². The largest absolute Gasteiger partial charge is 0.366 e. The first-order chi connectivity index (χ1) is 15.0. The summed E-state index contributed by atoms with van der Waals surface area (Å²) >= 11 is 12.2. The van der Waals surface area contributed by atoms with Crippen molar-refractivity contribution in [3.05, 3.63) is 87.2 Å². The summed E-state index contributed by atoms with van der Waals surface area (Å²) in [5, 5.41) is 2.12. The number of halogens is 3. The van der Waals surface area contributed by atoms with E-state index in [1.165, 1.54) is 6.07 Å². The number of aryl methyl sites for hydroxylation is 1. The van der Waals surface area contributed by atoms with Gasteiger partial charge in [0.25, 0.3) is 21.8 Å². The maximum absolute atomic E-state index is 13.7. The van der Waals surface area contributed by atoms with Crippen molar-refractivity contribution in [1.82, 2.24) is 0 Å². The van der Waals surface area contributed by atoms with E-state index in [0.717, 1.165) is 29.8 Å². The first-order valence-electron chi connectivity index (χ1n) is 8.97. The van der Waals surface area contributed by atoms with Crippen molar-refractivity contribution in [3.63, 3.8) is 0 Å². The molecule has 3 aromatic carbocycles. The van der Waals surface area contributed by atoms with Crippen LogP contribution in [0.3, 0.4) is 0 Å². The van der Waals surface area contributed by atoms with E-state index in [1.807, 2.05) is 0 Å². The van der Waals surface area contributed by atoms with Gasteiger partial charge in [-0.25, -0.2) is 12.8 Å². The molecule has 11 heteroatoms. The van der Waals surface area contributed by atoms with Gasteiger partial charge in [0, 0.05) is 11.4 Å². The van der Waals surface area contributed by atoms with Crippen molar-refractivity contribution in [3.8, 4) is 0 Å². The number of hydrogen-bond donors (Lipinski definition) is 3. The molecule has 4 N–H and O–H groups in total. The number of anilines is 2. The third-order valence-corrected chi connectivity index (χ3v) is 6.47. The minimum atomic E-state index is -4.16. The summed E-state index contributed by atoms with van der Waals surface area (Å²) in [5.41, 5.74) is 5.68. The number of rotatable bonds is 6. The summed E-state index contributed by atoms with van der Waals surface area (Å²) in [6.45, 7) is 1.80. The summed E-state index contributed by atoms with van der Waals surface area (Å²) in [7, 11) is -4.16. The molecule has 3 rings (SSSR count). The molecule has 0 spiro atoms. The molecule has 0 fully saturated rings. The Bertz CT molecular complexity index is 1350. The van der Waals surface area contributed by atoms with E-state index in [4.69, 9.17) is 28.9 Å². The zero-order valence-electron chi connectivity index (χ0n) is 16.4. The van der Waals surface area contributed by atoms with E-state index in [1.54, 1.807) is 31.2 Å². The molecule has 0 aliphatic rings. The summed E-state index contributed by atoms with van der Waals surface area (Å²) in [6.07, 6.45) is 0. The quantitative estimate of drug-likeness (QED) is 0.463. The normalized spacial score (nSPS) is 11.1. The number of primary amides is 1. The standard InChI is InChI=1S/C21H16Cl2FN3O4S/c1-11-3-2-4-13(7-11)27-32(30,31)19-9-14(16(22)10-17(19)23)21(29)26-12-5-6-18(24)15(8-12)20(25)28/h2-10,27H,1H3,(H2,25,28)(H,26,29). The molecular weight excluding hydrogens is 480 g/mol. The van der Waals surface area contributed by atoms with Crippen molar-refractivity contribution in [2.24, 2.45) is 5.73 Å². The second kappa shape index (κ2) is 9.15. The zero-order chi connectivity index (χ0) is 23.6. The second-order valence-corrected chi connectivity index (χ2v) is 9.22. The van der Waals surface area contributed by atoms with E-state index >= 15 is 0 Å². The van der Waals surface area contributed by atoms with E-state index in [2.05, 4.69) is 10.0 Å². The highest BCUT2D eigenvalue weighted by atomic mass is 35.5. The third kappa shape index (κ3) is 5.18. The summed E-state index contributed by atoms with van der Waals surface area (Å²) < 4.78 is 41.8. The van der Waals surface area contributed by atoms with Gasteiger partial charge in [-0.3, -0.25) is 14.3 Å². The van der Waals surface area contributed by atoms with Crippen molar-refractivity contribution >= 4 is 56.4 Å². The minimum absolute atomic E-state index is 0.0542. The Morgan fingerprint density at radius 2 is 1.66 bits per heavy atom. The van der Waals surface area contributed by atoms with Crippen LogP contribution in [0.15, 0.2) is 59.5 Å². The van der Waals surface area contributed by atoms with Crippen LogP contribution in [0.25, 0.3) is 0 Å². The fraction of sp³-hybridized carbons (Fsp3) is 0.0476. The van der Waals surface area contributed by atoms with Gasteiger partial charge in [-0.1, -0.05) is 35.3 Å². The maximum Gasteiger partial charge on any atom is 0.263 e. The average molecular weight is 496 g/mol. The predicted molar refractivity (Wildman–Crippen MR) is 121 cm³/mol. The fourth-order valence-corrected chi connectivity index (χ4v) is 4.73. The van der Waals surface area contributed by atoms with Gasteiger partial charge in [-0.05, 0) is 55.0 Å². The van der Waals surface area contributed by atoms with Crippen molar-refractivity contribution < 1.29 is 22.4 Å². The number of nitrogens with two attached hydrogens (primary N) is 1. The molecule has 0 bridgehead atoms. The van der Waals surface area contributed by atoms with Gasteiger partial charge in [-0.2, -0.15) is 0 Å². The number of hydrogen-bond acceptors (Lipinski definition) is 4. The lowest BCUT2D eigenvalue weighted by molar-refractivity contribution is 0.0992. The average Bonchev–Trinajstić information content (AvgIpc) is 2.68. The highest BCUT2D eigenvalue weighted by Gasteiger charge is 2.23. The van der Waals surface area contributed by atoms with E-state index in [9.17, 15) is 22.4 Å². The van der Waals surface area contributed by atoms with Gasteiger partial charge in [-0.15, -0.1) is 0 Å². The molecule has 0 saturated heterocycles. The lowest BCUT2D eigenvalue weighted by Crippen LogP contribution is -2.18. The van der Waals surface area contributed by atoms with E-state index in [-0.39, 0.29) is 26.2 Å². The molecule has 0 aliphatic carbocycles. The molecule has 0 unspecified atom stereocenters. The number of nitrogens with one attached hydrogen (secondary N) is 2. The van der Waals surface area contributed by atoms with Crippen molar-refractivity contribution in [2.45, 2.75) is 11.8 Å². The molecule has 7 nitrogen and oxygen atoms in total. The Kier molecular flexibility index (Phi) is 6.73. The molecule has 32 heavy (non-hydrogen) atoms. The van der Waals surface area contributed by atoms with Gasteiger partial charge in [0.05, 0.1) is 21.2 Å². The van der Waals surface area contributed by atoms with E-state index in [0.29, 0.717) is 5.69 Å². The van der Waals surface area contributed by atoms with Gasteiger partial charge in [0.1, 0.15) is 10.7 Å². The Morgan fingerprint density at radius 1 is 0.938 bits per heavy atom. The van der Waals surface area contributed by atoms with Gasteiger partial charge in [0.15, 0.2) is 0 Å². The predicted octanol–water partition coefficient (Wildman–Crippen LogP) is 4.59. The first-order valence-corrected chi connectivity index (χ1v) is 11.2. The number of carbonyl (C=O) groups is 2. The number of benzene rings is 3. The molecule has 2 amide bonds. The van der Waals surface area contributed by atoms with E-state index < -0.39 is 33.2 Å². The van der Waals surface area contributed by atoms with Crippen LogP contribution in [0.5, 0.6) is 0 Å². The Hall–Kier alpha value is -3.14. The number of sulfonamides is 1. The molecule has 0 heterocycles. The minimum Gasteiger partial charge on any atom is -0.366 e. The first kappa shape index (κ1) is 23.5. The summed E-state index contributed by atoms with van der Waals surface area (Å²) in [5.74, 6) is -2.67. The van der Waals surface area contributed by atoms with Crippen LogP contribution in [-0.4, -0.2) is 20.2 Å². The summed E-state index contributed by atoms with van der Waals surface area (Å²) in [6, 6.07) is 12.0. The maximum atomic E-state index is 13.7. The topological polar surface area (TPSA) is 118 Å². The van der Waals surface area contributed by atoms with Crippen LogP contribution < -0.4 is 15.8 Å². The Labute approximate surface area is 193 Å². The van der Waals surface area contributed by atoms with Crippen LogP contribution >= 0.6 is 23.2 Å². The molecule has 0 aliphatic heterocycles. The Balaban J connectivity index is 1.95. The number of amides is 2. The highest BCUT2D eigenvalue weighted by molar-refractivity contribution is 7.92. The highest BCUT2D eigenvalue weighted by Crippen LogP contribution is 2.31. The van der Waals surface area contributed by atoms with Gasteiger partial charge in [0.2, 0.25) is 0 Å². The fourth-order valence-electron chi connectivity index (χ4n) is 2.82. The van der Waals surface area contributed by atoms with Gasteiger partial charge >= 0.3 is 0 Å². The lowest BCUT2D eigenvalue weighted by Gasteiger charge is -2.13. The third-order valence-electron chi connectivity index (χ3n) is 4.32. The van der Waals surface area contributed by atoms with Crippen LogP contribution in [0.4, 0.5) is 15.8 Å². The lowest BCUT2D eigenvalue weighted by atomic mass is 10.1. The van der Waals surface area contributed by atoms with Crippen LogP contribution in [-0.2, 0) is 10.0 Å². The SMILES string of the molecule is Cc1cccc(NS(=O)(=O)c2cc(C(=O)Nc3ccc(F)c(C(N)=O)c3)c(Cl)cc2Cl)c1. The van der Waals surface area contributed by atoms with Gasteiger partial charge < -0.3 is 11.1 Å². The monoisotopic (exact) mass is 495 g/mol. The zero-order valence-corrected chi connectivity index (χ0v) is 18.8. The second-order valence-electron chi connectivity index (χ2n) is 6.75. The van der Waals surface area contributed by atoms with Crippen LogP contribution in [0.2, 0.25) is 10.0 Å². The molecule has 3 aromatic rings. The molecule has 0 atom stereocenters. The molecule has 0 radical (unpaired) electrons. The van der Waals surface area contributed by atoms with Crippen molar-refractivity contribution in [1.29, 1.82) is 0 Å². The number of carbonyl (C=O) groups excluding carboxylic acids is 2. The molecular formula is C21H16Cl2FN3O4S.